The first-order valence-electron chi connectivity index (χ1n) is 12.0. The zero-order chi connectivity index (χ0) is 24.5. The van der Waals surface area contributed by atoms with Crippen molar-refractivity contribution in [2.75, 3.05) is 42.1 Å². The summed E-state index contributed by atoms with van der Waals surface area (Å²) in [5.41, 5.74) is 13.8. The maximum Gasteiger partial charge on any atom is 0.291 e. The summed E-state index contributed by atoms with van der Waals surface area (Å²) in [7, 11) is 0. The van der Waals surface area contributed by atoms with Gasteiger partial charge in [-0.1, -0.05) is 17.7 Å². The lowest BCUT2D eigenvalue weighted by atomic mass is 10.1. The number of hydrogen-bond donors (Lipinski definition) is 2. The molecule has 0 unspecified atom stereocenters. The van der Waals surface area contributed by atoms with Gasteiger partial charge in [0.2, 0.25) is 0 Å². The molecule has 1 amide bonds. The largest absolute Gasteiger partial charge is 0.459 e. The number of nitrogens with zero attached hydrogens (tertiary/aromatic N) is 3. The highest BCUT2D eigenvalue weighted by molar-refractivity contribution is 6.05. The van der Waals surface area contributed by atoms with E-state index in [0.717, 1.165) is 53.9 Å². The van der Waals surface area contributed by atoms with Gasteiger partial charge in [-0.3, -0.25) is 14.7 Å². The molecule has 0 bridgehead atoms. The van der Waals surface area contributed by atoms with E-state index in [1.54, 1.807) is 6.26 Å². The SMILES string of the molecule is Cc1ccc(N2CCN(Cc3ccoc3C(=O)Nc3ccc4nc(C)c(C)c(N)c4c3)CC2)cc1. The highest BCUT2D eigenvalue weighted by Gasteiger charge is 2.22. The fourth-order valence-corrected chi connectivity index (χ4v) is 4.60. The third-order valence-corrected chi connectivity index (χ3v) is 6.90. The number of nitrogens with one attached hydrogen (secondary N) is 1. The van der Waals surface area contributed by atoms with Crippen LogP contribution in [-0.2, 0) is 6.54 Å². The molecular weight excluding hydrogens is 438 g/mol. The minimum Gasteiger partial charge on any atom is -0.459 e. The quantitative estimate of drug-likeness (QED) is 0.432. The summed E-state index contributed by atoms with van der Waals surface area (Å²) in [6.45, 7) is 10.4. The molecule has 1 saturated heterocycles. The third-order valence-electron chi connectivity index (χ3n) is 6.90. The van der Waals surface area contributed by atoms with Crippen LogP contribution in [0.25, 0.3) is 10.9 Å². The van der Waals surface area contributed by atoms with Gasteiger partial charge in [-0.25, -0.2) is 0 Å². The van der Waals surface area contributed by atoms with Crippen LogP contribution in [0.4, 0.5) is 17.1 Å². The van der Waals surface area contributed by atoms with E-state index in [9.17, 15) is 4.79 Å². The Morgan fingerprint density at radius 3 is 2.51 bits per heavy atom. The van der Waals surface area contributed by atoms with Gasteiger partial charge in [0, 0.05) is 66.4 Å². The van der Waals surface area contributed by atoms with Gasteiger partial charge in [-0.15, -0.1) is 0 Å². The molecule has 3 heterocycles. The number of amides is 1. The van der Waals surface area contributed by atoms with Gasteiger partial charge in [-0.2, -0.15) is 0 Å². The van der Waals surface area contributed by atoms with E-state index in [4.69, 9.17) is 10.2 Å². The second kappa shape index (κ2) is 9.43. The first kappa shape index (κ1) is 22.9. The maximum absolute atomic E-state index is 13.1. The van der Waals surface area contributed by atoms with Crippen molar-refractivity contribution in [1.82, 2.24) is 9.88 Å². The number of aryl methyl sites for hydroxylation is 2. The van der Waals surface area contributed by atoms with Gasteiger partial charge in [0.15, 0.2) is 5.76 Å². The second-order valence-corrected chi connectivity index (χ2v) is 9.30. The van der Waals surface area contributed by atoms with Gasteiger partial charge < -0.3 is 20.4 Å². The Labute approximate surface area is 205 Å². The number of benzene rings is 2. The van der Waals surface area contributed by atoms with Gasteiger partial charge in [-0.05, 0) is 62.7 Å². The Bertz CT molecular complexity index is 1370. The van der Waals surface area contributed by atoms with Crippen molar-refractivity contribution in [3.63, 3.8) is 0 Å². The number of furan rings is 1. The van der Waals surface area contributed by atoms with Gasteiger partial charge in [0.1, 0.15) is 0 Å². The molecule has 4 aromatic rings. The molecule has 2 aromatic carbocycles. The molecule has 180 valence electrons. The monoisotopic (exact) mass is 469 g/mol. The number of fused-ring (bicyclic) bond motifs is 1. The molecule has 0 radical (unpaired) electrons. The van der Waals surface area contributed by atoms with Crippen LogP contribution < -0.4 is 16.0 Å². The summed E-state index contributed by atoms with van der Waals surface area (Å²) in [5, 5.41) is 3.80. The van der Waals surface area contributed by atoms with Crippen LogP contribution in [-0.4, -0.2) is 42.0 Å². The minimum atomic E-state index is -0.266. The molecule has 0 aliphatic carbocycles. The number of hydrogen-bond acceptors (Lipinski definition) is 6. The molecule has 35 heavy (non-hydrogen) atoms. The number of aromatic nitrogens is 1. The van der Waals surface area contributed by atoms with Gasteiger partial charge in [0.05, 0.1) is 11.8 Å². The predicted octanol–water partition coefficient (Wildman–Crippen LogP) is 4.91. The Morgan fingerprint density at radius 2 is 1.77 bits per heavy atom. The number of nitrogens with two attached hydrogens (primary N) is 1. The van der Waals surface area contributed by atoms with Crippen LogP contribution in [0, 0.1) is 20.8 Å². The molecule has 0 spiro atoms. The highest BCUT2D eigenvalue weighted by atomic mass is 16.3. The molecule has 7 heteroatoms. The lowest BCUT2D eigenvalue weighted by Crippen LogP contribution is -2.46. The Balaban J connectivity index is 1.25. The van der Waals surface area contributed by atoms with Crippen LogP contribution in [0.5, 0.6) is 0 Å². The van der Waals surface area contributed by atoms with E-state index >= 15 is 0 Å². The van der Waals surface area contributed by atoms with E-state index < -0.39 is 0 Å². The van der Waals surface area contributed by atoms with E-state index in [1.165, 1.54) is 11.3 Å². The lowest BCUT2D eigenvalue weighted by molar-refractivity contribution is 0.0993. The van der Waals surface area contributed by atoms with E-state index in [2.05, 4.69) is 51.3 Å². The molecule has 2 aromatic heterocycles. The van der Waals surface area contributed by atoms with Crippen LogP contribution in [0.1, 0.15) is 32.9 Å². The fourth-order valence-electron chi connectivity index (χ4n) is 4.60. The van der Waals surface area contributed by atoms with Crippen LogP contribution in [0.15, 0.2) is 59.2 Å². The average Bonchev–Trinajstić information content (AvgIpc) is 3.32. The molecule has 0 saturated carbocycles. The molecular formula is C28H31N5O2. The minimum absolute atomic E-state index is 0.266. The number of carbonyl (C=O) groups excluding carboxylic acids is 1. The lowest BCUT2D eigenvalue weighted by Gasteiger charge is -2.36. The first-order chi connectivity index (χ1) is 16.9. The number of rotatable bonds is 5. The molecule has 0 atom stereocenters. The summed E-state index contributed by atoms with van der Waals surface area (Å²) in [6.07, 6.45) is 1.58. The molecule has 7 nitrogen and oxygen atoms in total. The summed E-state index contributed by atoms with van der Waals surface area (Å²) < 4.78 is 5.60. The summed E-state index contributed by atoms with van der Waals surface area (Å²) in [6, 6.07) is 16.1. The Kier molecular flexibility index (Phi) is 6.17. The van der Waals surface area contributed by atoms with Crippen molar-refractivity contribution >= 4 is 33.9 Å². The number of anilines is 3. The van der Waals surface area contributed by atoms with Crippen LogP contribution in [0.3, 0.4) is 0 Å². The number of nitrogen functional groups attached to an aromatic ring is 1. The molecule has 1 aliphatic heterocycles. The van der Waals surface area contributed by atoms with E-state index in [1.807, 2.05) is 38.1 Å². The first-order valence-corrected chi connectivity index (χ1v) is 12.0. The molecule has 3 N–H and O–H groups in total. The van der Waals surface area contributed by atoms with Gasteiger partial charge in [0.25, 0.3) is 5.91 Å². The summed E-state index contributed by atoms with van der Waals surface area (Å²) >= 11 is 0. The Hall–Kier alpha value is -3.84. The van der Waals surface area contributed by atoms with Crippen molar-refractivity contribution in [3.8, 4) is 0 Å². The van der Waals surface area contributed by atoms with Crippen molar-refractivity contribution in [1.29, 1.82) is 0 Å². The standard InChI is InChI=1S/C28H31N5O2/c1-18-4-7-23(8-5-18)33-13-11-32(12-14-33)17-21-10-15-35-27(21)28(34)31-22-6-9-25-24(16-22)26(29)19(2)20(3)30-25/h4-10,15-16H,11-14,17H2,1-3H3,(H2,29,30)(H,31,34). The fraction of sp³-hybridized carbons (Fsp3) is 0.286. The maximum atomic E-state index is 13.1. The zero-order valence-corrected chi connectivity index (χ0v) is 20.5. The zero-order valence-electron chi connectivity index (χ0n) is 20.5. The Morgan fingerprint density at radius 1 is 1.03 bits per heavy atom. The molecule has 5 rings (SSSR count). The van der Waals surface area contributed by atoms with Gasteiger partial charge >= 0.3 is 0 Å². The van der Waals surface area contributed by atoms with Crippen molar-refractivity contribution in [3.05, 3.63) is 82.9 Å². The summed E-state index contributed by atoms with van der Waals surface area (Å²) in [5.74, 6) is 0.0789. The third kappa shape index (κ3) is 4.72. The highest BCUT2D eigenvalue weighted by Crippen LogP contribution is 2.28. The van der Waals surface area contributed by atoms with Crippen LogP contribution >= 0.6 is 0 Å². The van der Waals surface area contributed by atoms with Crippen molar-refractivity contribution in [2.24, 2.45) is 0 Å². The van der Waals surface area contributed by atoms with Crippen molar-refractivity contribution < 1.29 is 9.21 Å². The predicted molar refractivity (Wildman–Crippen MR) is 141 cm³/mol. The van der Waals surface area contributed by atoms with Crippen LogP contribution in [0.2, 0.25) is 0 Å². The van der Waals surface area contributed by atoms with Crippen molar-refractivity contribution in [2.45, 2.75) is 27.3 Å². The normalized spacial score (nSPS) is 14.4. The second-order valence-electron chi connectivity index (χ2n) is 9.30. The van der Waals surface area contributed by atoms with E-state index in [-0.39, 0.29) is 5.91 Å². The average molecular weight is 470 g/mol. The van der Waals surface area contributed by atoms with E-state index in [0.29, 0.717) is 23.7 Å². The topological polar surface area (TPSA) is 87.6 Å². The summed E-state index contributed by atoms with van der Waals surface area (Å²) in [4.78, 5) is 22.4. The number of piperazine rings is 1. The smallest absolute Gasteiger partial charge is 0.291 e. The number of pyridine rings is 1. The number of carbonyl (C=O) groups is 1. The molecule has 1 fully saturated rings. The molecule has 1 aliphatic rings.